The first kappa shape index (κ1) is 18.4. The molecule has 0 radical (unpaired) electrons. The SMILES string of the molecule is OC[C@@H]1[C@@H](O)[C@H](O)[C@@H](O)C(O)N1CC/C=C/c1ccc(Cl)cc1. The van der Waals surface area contributed by atoms with Gasteiger partial charge in [0.1, 0.15) is 24.5 Å². The molecule has 6 nitrogen and oxygen atoms in total. The Morgan fingerprint density at radius 2 is 1.65 bits per heavy atom. The fraction of sp³-hybridized carbons (Fsp3) is 0.500. The molecule has 0 bridgehead atoms. The van der Waals surface area contributed by atoms with Crippen molar-refractivity contribution in [3.8, 4) is 0 Å². The first-order valence-corrected chi connectivity index (χ1v) is 7.84. The molecule has 0 amide bonds. The number of likely N-dealkylation sites (tertiary alicyclic amines) is 1. The highest BCUT2D eigenvalue weighted by molar-refractivity contribution is 6.30. The van der Waals surface area contributed by atoms with E-state index in [0.717, 1.165) is 5.56 Å². The lowest BCUT2D eigenvalue weighted by atomic mass is 9.92. The van der Waals surface area contributed by atoms with Crippen LogP contribution in [0.4, 0.5) is 0 Å². The Labute approximate surface area is 139 Å². The highest BCUT2D eigenvalue weighted by Crippen LogP contribution is 2.23. The second kappa shape index (κ2) is 8.21. The number of benzene rings is 1. The number of hydrogen-bond donors (Lipinski definition) is 5. The van der Waals surface area contributed by atoms with Crippen molar-refractivity contribution >= 4 is 17.7 Å². The molecule has 1 aliphatic heterocycles. The van der Waals surface area contributed by atoms with Crippen molar-refractivity contribution in [3.05, 3.63) is 40.9 Å². The van der Waals surface area contributed by atoms with E-state index in [1.165, 1.54) is 4.90 Å². The van der Waals surface area contributed by atoms with Gasteiger partial charge >= 0.3 is 0 Å². The maximum absolute atomic E-state index is 10.0. The van der Waals surface area contributed by atoms with Gasteiger partial charge in [-0.2, -0.15) is 0 Å². The van der Waals surface area contributed by atoms with Crippen molar-refractivity contribution in [1.82, 2.24) is 4.90 Å². The molecule has 2 rings (SSSR count). The highest BCUT2D eigenvalue weighted by Gasteiger charge is 2.46. The van der Waals surface area contributed by atoms with Crippen LogP contribution < -0.4 is 0 Å². The van der Waals surface area contributed by atoms with Crippen molar-refractivity contribution < 1.29 is 25.5 Å². The Morgan fingerprint density at radius 1 is 1.00 bits per heavy atom. The number of rotatable bonds is 5. The molecule has 1 aromatic rings. The maximum atomic E-state index is 10.0. The van der Waals surface area contributed by atoms with Gasteiger partial charge < -0.3 is 25.5 Å². The van der Waals surface area contributed by atoms with Gasteiger partial charge in [-0.15, -0.1) is 0 Å². The summed E-state index contributed by atoms with van der Waals surface area (Å²) in [5, 5.41) is 49.4. The Hall–Kier alpha value is -0.990. The molecule has 1 aliphatic rings. The second-order valence-electron chi connectivity index (χ2n) is 5.62. The van der Waals surface area contributed by atoms with Crippen LogP contribution in [0.15, 0.2) is 30.3 Å². The van der Waals surface area contributed by atoms with Gasteiger partial charge in [-0.3, -0.25) is 4.90 Å². The van der Waals surface area contributed by atoms with Crippen LogP contribution >= 0.6 is 11.6 Å². The fourth-order valence-electron chi connectivity index (χ4n) is 2.72. The highest BCUT2D eigenvalue weighted by atomic mass is 35.5. The summed E-state index contributed by atoms with van der Waals surface area (Å²) in [6, 6.07) is 6.48. The van der Waals surface area contributed by atoms with E-state index in [9.17, 15) is 25.5 Å². The molecule has 1 unspecified atom stereocenters. The molecule has 128 valence electrons. The van der Waals surface area contributed by atoms with Gasteiger partial charge in [-0.05, 0) is 24.1 Å². The van der Waals surface area contributed by atoms with Gasteiger partial charge in [0.25, 0.3) is 0 Å². The third-order valence-electron chi connectivity index (χ3n) is 4.09. The number of piperidine rings is 1. The number of hydrogen-bond acceptors (Lipinski definition) is 6. The standard InChI is InChI=1S/C16H22ClNO5/c17-11-6-4-10(5-7-11)3-1-2-8-18-12(9-19)13(20)14(21)15(22)16(18)23/h1,3-7,12-16,19-23H,2,8-9H2/b3-1+/t12-,13-,14+,15-,16?/m1/s1. The second-order valence-corrected chi connectivity index (χ2v) is 6.05. The summed E-state index contributed by atoms with van der Waals surface area (Å²) in [4.78, 5) is 1.40. The van der Waals surface area contributed by atoms with Crippen LogP contribution in [0.1, 0.15) is 12.0 Å². The monoisotopic (exact) mass is 343 g/mol. The Kier molecular flexibility index (Phi) is 6.55. The van der Waals surface area contributed by atoms with E-state index in [-0.39, 0.29) is 0 Å². The maximum Gasteiger partial charge on any atom is 0.136 e. The average Bonchev–Trinajstić information content (AvgIpc) is 2.55. The van der Waals surface area contributed by atoms with Gasteiger partial charge in [0, 0.05) is 11.6 Å². The normalized spacial score (nSPS) is 32.5. The lowest BCUT2D eigenvalue weighted by Crippen LogP contribution is -2.67. The van der Waals surface area contributed by atoms with E-state index in [4.69, 9.17) is 11.6 Å². The predicted octanol–water partition coefficient (Wildman–Crippen LogP) is -0.179. The zero-order valence-electron chi connectivity index (χ0n) is 12.5. The van der Waals surface area contributed by atoms with Crippen LogP contribution in [0.3, 0.4) is 0 Å². The lowest BCUT2D eigenvalue weighted by Gasteiger charge is -2.46. The first-order valence-electron chi connectivity index (χ1n) is 7.46. The van der Waals surface area contributed by atoms with Gasteiger partial charge in [-0.1, -0.05) is 35.9 Å². The molecule has 0 aliphatic carbocycles. The van der Waals surface area contributed by atoms with E-state index in [2.05, 4.69) is 0 Å². The van der Waals surface area contributed by atoms with Crippen molar-refractivity contribution in [1.29, 1.82) is 0 Å². The summed E-state index contributed by atoms with van der Waals surface area (Å²) >= 11 is 5.81. The number of aliphatic hydroxyl groups is 5. The van der Waals surface area contributed by atoms with Crippen LogP contribution in [-0.4, -0.2) is 74.2 Å². The minimum absolute atomic E-state index is 0.317. The molecule has 1 fully saturated rings. The molecule has 5 N–H and O–H groups in total. The predicted molar refractivity (Wildman–Crippen MR) is 86.7 cm³/mol. The van der Waals surface area contributed by atoms with Crippen LogP contribution in [0.2, 0.25) is 5.02 Å². The lowest BCUT2D eigenvalue weighted by molar-refractivity contribution is -0.222. The van der Waals surface area contributed by atoms with E-state index < -0.39 is 37.2 Å². The quantitative estimate of drug-likeness (QED) is 0.508. The fourth-order valence-corrected chi connectivity index (χ4v) is 2.85. The van der Waals surface area contributed by atoms with Crippen molar-refractivity contribution in [2.24, 2.45) is 0 Å². The summed E-state index contributed by atoms with van der Waals surface area (Å²) in [5.74, 6) is 0. The van der Waals surface area contributed by atoms with E-state index in [0.29, 0.717) is 18.0 Å². The van der Waals surface area contributed by atoms with Crippen molar-refractivity contribution in [2.75, 3.05) is 13.2 Å². The molecular weight excluding hydrogens is 322 g/mol. The Bertz CT molecular complexity index is 524. The first-order chi connectivity index (χ1) is 11.0. The summed E-state index contributed by atoms with van der Waals surface area (Å²) in [6.45, 7) is -0.111. The molecule has 1 aromatic carbocycles. The smallest absolute Gasteiger partial charge is 0.136 e. The molecule has 0 aromatic heterocycles. The molecule has 5 atom stereocenters. The molecule has 23 heavy (non-hydrogen) atoms. The Balaban J connectivity index is 1.96. The van der Waals surface area contributed by atoms with Gasteiger partial charge in [0.15, 0.2) is 0 Å². The Morgan fingerprint density at radius 3 is 2.26 bits per heavy atom. The molecule has 0 saturated carbocycles. The van der Waals surface area contributed by atoms with E-state index in [1.54, 1.807) is 12.1 Å². The summed E-state index contributed by atoms with van der Waals surface area (Å²) in [6.07, 6.45) is -1.31. The van der Waals surface area contributed by atoms with Crippen LogP contribution in [0.5, 0.6) is 0 Å². The molecule has 7 heteroatoms. The average molecular weight is 344 g/mol. The summed E-state index contributed by atoms with van der Waals surface area (Å²) in [7, 11) is 0. The van der Waals surface area contributed by atoms with Crippen LogP contribution in [-0.2, 0) is 0 Å². The topological polar surface area (TPSA) is 104 Å². The van der Waals surface area contributed by atoms with Crippen molar-refractivity contribution in [3.63, 3.8) is 0 Å². The zero-order chi connectivity index (χ0) is 17.0. The number of halogens is 1. The van der Waals surface area contributed by atoms with Gasteiger partial charge in [0.05, 0.1) is 12.6 Å². The van der Waals surface area contributed by atoms with Gasteiger partial charge in [-0.25, -0.2) is 0 Å². The number of aliphatic hydroxyl groups excluding tert-OH is 5. The van der Waals surface area contributed by atoms with Crippen molar-refractivity contribution in [2.45, 2.75) is 37.0 Å². The van der Waals surface area contributed by atoms with Crippen LogP contribution in [0, 0.1) is 0 Å². The van der Waals surface area contributed by atoms with E-state index in [1.807, 2.05) is 24.3 Å². The molecular formula is C16H22ClNO5. The molecule has 1 saturated heterocycles. The van der Waals surface area contributed by atoms with Gasteiger partial charge in [0.2, 0.25) is 0 Å². The van der Waals surface area contributed by atoms with E-state index >= 15 is 0 Å². The summed E-state index contributed by atoms with van der Waals surface area (Å²) < 4.78 is 0. The zero-order valence-corrected chi connectivity index (χ0v) is 13.3. The molecule has 0 spiro atoms. The minimum atomic E-state index is -1.48. The number of nitrogens with zero attached hydrogens (tertiary/aromatic N) is 1. The largest absolute Gasteiger partial charge is 0.395 e. The van der Waals surface area contributed by atoms with Crippen LogP contribution in [0.25, 0.3) is 6.08 Å². The summed E-state index contributed by atoms with van der Waals surface area (Å²) in [5.41, 5.74) is 0.975. The minimum Gasteiger partial charge on any atom is -0.395 e. The molecule has 1 heterocycles. The third-order valence-corrected chi connectivity index (χ3v) is 4.34. The third kappa shape index (κ3) is 4.30.